The highest BCUT2D eigenvalue weighted by Gasteiger charge is 2.40. The van der Waals surface area contributed by atoms with Gasteiger partial charge in [0.1, 0.15) is 12.1 Å². The fraction of sp³-hybridized carbons (Fsp3) is 0.524. The van der Waals surface area contributed by atoms with E-state index >= 15 is 0 Å². The van der Waals surface area contributed by atoms with E-state index in [4.69, 9.17) is 4.74 Å². The molecule has 0 saturated carbocycles. The molecule has 0 aromatic heterocycles. The largest absolute Gasteiger partial charge is 0.467 e. The molecule has 32 heavy (non-hydrogen) atoms. The molecule has 1 aromatic rings. The van der Waals surface area contributed by atoms with Crippen LogP contribution < -0.4 is 16.0 Å². The number of carbonyl (C=O) groups excluding carboxylic acids is 4. The van der Waals surface area contributed by atoms with Crippen molar-refractivity contribution in [1.29, 1.82) is 0 Å². The average Bonchev–Trinajstić information content (AvgIpc) is 2.79. The smallest absolute Gasteiger partial charge is 0.328 e. The minimum absolute atomic E-state index is 0.259. The number of thioether (sulfide) groups is 1. The van der Waals surface area contributed by atoms with Crippen molar-refractivity contribution in [2.75, 3.05) is 23.5 Å². The zero-order chi connectivity index (χ0) is 24.0. The zero-order valence-corrected chi connectivity index (χ0v) is 23.2. The third-order valence-corrected chi connectivity index (χ3v) is 7.31. The van der Waals surface area contributed by atoms with Crippen LogP contribution in [-0.4, -0.2) is 63.4 Å². The quantitative estimate of drug-likeness (QED) is 0.0857. The minimum atomic E-state index is -1.29. The molecule has 0 fully saturated rings. The van der Waals surface area contributed by atoms with Gasteiger partial charge in [0.2, 0.25) is 12.3 Å². The number of nitrogens with one attached hydrogen (secondary N) is 3. The summed E-state index contributed by atoms with van der Waals surface area (Å²) in [6.45, 7) is 0. The Hall–Kier alpha value is -1.09. The molecule has 1 unspecified atom stereocenters. The van der Waals surface area contributed by atoms with Crippen LogP contribution in [0.25, 0.3) is 0 Å². The summed E-state index contributed by atoms with van der Waals surface area (Å²) in [6, 6.07) is 7.64. The highest BCUT2D eigenvalue weighted by molar-refractivity contribution is 14.1. The Morgan fingerprint density at radius 3 is 2.47 bits per heavy atom. The molecule has 0 bridgehead atoms. The lowest BCUT2D eigenvalue weighted by Gasteiger charge is -2.31. The summed E-state index contributed by atoms with van der Waals surface area (Å²) in [5.41, 5.74) is 0.867. The molecule has 1 rings (SSSR count). The number of rotatable bonds is 15. The number of esters is 1. The van der Waals surface area contributed by atoms with Crippen molar-refractivity contribution in [3.05, 3.63) is 35.9 Å². The van der Waals surface area contributed by atoms with E-state index in [0.29, 0.717) is 31.4 Å². The number of halogens is 2. The standard InChI is InChI=1S/C21H29I2N3O5S/c1-31-19(29)17(13-15-7-4-3-5-8-15)25-20(30)21(23,10-6-11-22)26-18(28)16(24-14-27)9-12-32-2/h3-5,7-8,14,16-17H,6,9-13H2,1-2H3,(H,24,27)(H,25,30)(H,26,28)/t16-,17-,21?/m0/s1. The van der Waals surface area contributed by atoms with E-state index in [1.54, 1.807) is 11.8 Å². The highest BCUT2D eigenvalue weighted by atomic mass is 127. The Labute approximate surface area is 220 Å². The van der Waals surface area contributed by atoms with Crippen LogP contribution in [0.1, 0.15) is 24.8 Å². The van der Waals surface area contributed by atoms with E-state index in [1.807, 2.05) is 59.2 Å². The van der Waals surface area contributed by atoms with Gasteiger partial charge in [-0.25, -0.2) is 4.79 Å². The Bertz CT molecular complexity index is 756. The van der Waals surface area contributed by atoms with Crippen molar-refractivity contribution in [2.24, 2.45) is 0 Å². The third-order valence-electron chi connectivity index (χ3n) is 4.61. The summed E-state index contributed by atoms with van der Waals surface area (Å²) in [7, 11) is 1.27. The van der Waals surface area contributed by atoms with Crippen LogP contribution in [0.3, 0.4) is 0 Å². The monoisotopic (exact) mass is 689 g/mol. The van der Waals surface area contributed by atoms with Crippen molar-refractivity contribution in [1.82, 2.24) is 16.0 Å². The van der Waals surface area contributed by atoms with Gasteiger partial charge in [-0.15, -0.1) is 0 Å². The summed E-state index contributed by atoms with van der Waals surface area (Å²) in [6.07, 6.45) is 4.13. The van der Waals surface area contributed by atoms with Crippen LogP contribution >= 0.6 is 56.9 Å². The molecule has 3 amide bonds. The van der Waals surface area contributed by atoms with Crippen LogP contribution in [0.5, 0.6) is 0 Å². The van der Waals surface area contributed by atoms with Gasteiger partial charge >= 0.3 is 5.97 Å². The van der Waals surface area contributed by atoms with Gasteiger partial charge in [0.25, 0.3) is 5.91 Å². The Balaban J connectivity index is 3.04. The fourth-order valence-electron chi connectivity index (χ4n) is 2.89. The van der Waals surface area contributed by atoms with E-state index < -0.39 is 33.4 Å². The molecule has 11 heteroatoms. The van der Waals surface area contributed by atoms with Crippen molar-refractivity contribution in [3.8, 4) is 0 Å². The number of methoxy groups -OCH3 is 1. The molecule has 0 aliphatic heterocycles. The second-order valence-electron chi connectivity index (χ2n) is 6.94. The molecular formula is C21H29I2N3O5S. The van der Waals surface area contributed by atoms with Crippen LogP contribution in [0.2, 0.25) is 0 Å². The molecule has 0 saturated heterocycles. The first kappa shape index (κ1) is 28.9. The maximum Gasteiger partial charge on any atom is 0.328 e. The first-order valence-corrected chi connectivity index (χ1v) is 14.0. The van der Waals surface area contributed by atoms with Gasteiger partial charge in [-0.3, -0.25) is 14.4 Å². The molecule has 0 aliphatic carbocycles. The lowest BCUT2D eigenvalue weighted by molar-refractivity contribution is -0.145. The number of hydrogen-bond donors (Lipinski definition) is 3. The van der Waals surface area contributed by atoms with Gasteiger partial charge < -0.3 is 20.7 Å². The number of alkyl halides is 2. The molecule has 1 aromatic carbocycles. The SMILES string of the molecule is COC(=O)[C@H](Cc1ccccc1)NC(=O)C(I)(CCCI)NC(=O)[C@H](CCSC)NC=O. The number of carbonyl (C=O) groups is 4. The van der Waals surface area contributed by atoms with Gasteiger partial charge in [0.05, 0.1) is 7.11 Å². The zero-order valence-electron chi connectivity index (χ0n) is 18.1. The maximum atomic E-state index is 13.3. The van der Waals surface area contributed by atoms with Crippen molar-refractivity contribution >= 4 is 81.1 Å². The molecule has 3 atom stereocenters. The van der Waals surface area contributed by atoms with Gasteiger partial charge in [0, 0.05) is 6.42 Å². The topological polar surface area (TPSA) is 114 Å². The summed E-state index contributed by atoms with van der Waals surface area (Å²) in [4.78, 5) is 49.5. The lowest BCUT2D eigenvalue weighted by Crippen LogP contribution is -2.60. The van der Waals surface area contributed by atoms with E-state index in [9.17, 15) is 19.2 Å². The molecule has 178 valence electrons. The number of ether oxygens (including phenoxy) is 1. The number of amides is 3. The summed E-state index contributed by atoms with van der Waals surface area (Å²) in [5, 5.41) is 8.07. The Morgan fingerprint density at radius 2 is 1.91 bits per heavy atom. The van der Waals surface area contributed by atoms with E-state index in [1.165, 1.54) is 7.11 Å². The Morgan fingerprint density at radius 1 is 1.22 bits per heavy atom. The summed E-state index contributed by atoms with van der Waals surface area (Å²) in [5.74, 6) is -0.824. The average molecular weight is 689 g/mol. The van der Waals surface area contributed by atoms with Crippen molar-refractivity contribution in [2.45, 2.75) is 41.3 Å². The van der Waals surface area contributed by atoms with Gasteiger partial charge in [0.15, 0.2) is 3.55 Å². The van der Waals surface area contributed by atoms with Crippen molar-refractivity contribution in [3.63, 3.8) is 0 Å². The number of benzene rings is 1. The van der Waals surface area contributed by atoms with Crippen LogP contribution in [0.15, 0.2) is 30.3 Å². The maximum absolute atomic E-state index is 13.3. The van der Waals surface area contributed by atoms with Crippen LogP contribution in [0, 0.1) is 0 Å². The lowest BCUT2D eigenvalue weighted by atomic mass is 10.0. The molecule has 3 N–H and O–H groups in total. The minimum Gasteiger partial charge on any atom is -0.467 e. The second kappa shape index (κ2) is 15.7. The second-order valence-corrected chi connectivity index (χ2v) is 10.8. The van der Waals surface area contributed by atoms with Gasteiger partial charge in [-0.2, -0.15) is 11.8 Å². The summed E-state index contributed by atoms with van der Waals surface area (Å²) >= 11 is 5.68. The van der Waals surface area contributed by atoms with Gasteiger partial charge in [-0.05, 0) is 63.9 Å². The number of hydrogen-bond acceptors (Lipinski definition) is 6. The fourth-order valence-corrected chi connectivity index (χ4v) is 4.55. The molecule has 0 radical (unpaired) electrons. The predicted molar refractivity (Wildman–Crippen MR) is 143 cm³/mol. The van der Waals surface area contributed by atoms with Gasteiger partial charge in [-0.1, -0.05) is 52.9 Å². The molecule has 0 spiro atoms. The van der Waals surface area contributed by atoms with E-state index in [2.05, 4.69) is 38.5 Å². The van der Waals surface area contributed by atoms with Crippen LogP contribution in [0.4, 0.5) is 0 Å². The van der Waals surface area contributed by atoms with E-state index in [0.717, 1.165) is 9.99 Å². The molecule has 8 nitrogen and oxygen atoms in total. The third kappa shape index (κ3) is 9.81. The Kier molecular flexibility index (Phi) is 14.2. The highest BCUT2D eigenvalue weighted by Crippen LogP contribution is 2.24. The van der Waals surface area contributed by atoms with Crippen LogP contribution in [-0.2, 0) is 30.3 Å². The molecular weight excluding hydrogens is 660 g/mol. The van der Waals surface area contributed by atoms with E-state index in [-0.39, 0.29) is 6.42 Å². The first-order valence-electron chi connectivity index (χ1n) is 9.99. The normalized spacial score (nSPS) is 14.4. The van der Waals surface area contributed by atoms with Crippen molar-refractivity contribution < 1.29 is 23.9 Å². The summed E-state index contributed by atoms with van der Waals surface area (Å²) < 4.78 is 4.38. The molecule has 0 aliphatic rings. The molecule has 0 heterocycles. The predicted octanol–water partition coefficient (Wildman–Crippen LogP) is 2.22. The first-order chi connectivity index (χ1) is 15.3.